The summed E-state index contributed by atoms with van der Waals surface area (Å²) >= 11 is 0. The molecule has 0 amide bonds. The number of likely N-dealkylation sites (N-methyl/N-ethyl adjacent to an activating group) is 1. The van der Waals surface area contributed by atoms with Crippen LogP contribution in [0.3, 0.4) is 0 Å². The van der Waals surface area contributed by atoms with E-state index in [1.807, 2.05) is 24.4 Å². The second-order valence-electron chi connectivity index (χ2n) is 7.21. The zero-order valence-electron chi connectivity index (χ0n) is 17.7. The van der Waals surface area contributed by atoms with E-state index in [2.05, 4.69) is 57.6 Å². The zero-order valence-corrected chi connectivity index (χ0v) is 17.7. The van der Waals surface area contributed by atoms with Crippen molar-refractivity contribution in [1.29, 1.82) is 0 Å². The van der Waals surface area contributed by atoms with Crippen molar-refractivity contribution in [2.75, 3.05) is 51.8 Å². The minimum Gasteiger partial charge on any atom is -0.497 e. The van der Waals surface area contributed by atoms with Crippen molar-refractivity contribution in [3.8, 4) is 5.75 Å². The number of nitrogens with zero attached hydrogens (tertiary/aromatic N) is 4. The summed E-state index contributed by atoms with van der Waals surface area (Å²) in [6.45, 7) is 8.36. The molecule has 0 atom stereocenters. The van der Waals surface area contributed by atoms with Gasteiger partial charge in [0.2, 0.25) is 0 Å². The fourth-order valence-electron chi connectivity index (χ4n) is 3.25. The maximum absolute atomic E-state index is 5.29. The van der Waals surface area contributed by atoms with Gasteiger partial charge in [-0.3, -0.25) is 0 Å². The Labute approximate surface area is 173 Å². The number of hydrogen-bond donors (Lipinski definition) is 2. The maximum Gasteiger partial charge on any atom is 0.191 e. The number of nitrogens with one attached hydrogen (secondary N) is 2. The van der Waals surface area contributed by atoms with Crippen molar-refractivity contribution in [2.45, 2.75) is 20.0 Å². The molecule has 1 aromatic heterocycles. The lowest BCUT2D eigenvalue weighted by atomic mass is 10.2. The molecule has 0 aliphatic carbocycles. The monoisotopic (exact) mass is 396 g/mol. The second-order valence-corrected chi connectivity index (χ2v) is 7.21. The molecule has 0 saturated carbocycles. The number of benzene rings is 1. The number of hydrogen-bond acceptors (Lipinski definition) is 5. The number of ether oxygens (including phenoxy) is 1. The highest BCUT2D eigenvalue weighted by molar-refractivity contribution is 5.79. The van der Waals surface area contributed by atoms with Gasteiger partial charge in [0.05, 0.1) is 13.7 Å². The highest BCUT2D eigenvalue weighted by atomic mass is 16.5. The predicted molar refractivity (Wildman–Crippen MR) is 119 cm³/mol. The van der Waals surface area contributed by atoms with E-state index < -0.39 is 0 Å². The van der Waals surface area contributed by atoms with E-state index in [9.17, 15) is 0 Å². The van der Waals surface area contributed by atoms with Gasteiger partial charge in [0.1, 0.15) is 11.6 Å². The van der Waals surface area contributed by atoms with Crippen molar-refractivity contribution in [2.24, 2.45) is 4.99 Å². The van der Waals surface area contributed by atoms with Gasteiger partial charge in [-0.15, -0.1) is 0 Å². The summed E-state index contributed by atoms with van der Waals surface area (Å²) in [5, 5.41) is 6.74. The van der Waals surface area contributed by atoms with Crippen LogP contribution in [0.4, 0.5) is 5.82 Å². The zero-order chi connectivity index (χ0) is 20.5. The van der Waals surface area contributed by atoms with E-state index in [0.29, 0.717) is 13.1 Å². The lowest BCUT2D eigenvalue weighted by Crippen LogP contribution is -2.44. The average Bonchev–Trinajstić information content (AvgIpc) is 2.76. The molecule has 0 unspecified atom stereocenters. The Balaban J connectivity index is 1.60. The average molecular weight is 397 g/mol. The Hall–Kier alpha value is -2.80. The van der Waals surface area contributed by atoms with Gasteiger partial charge in [-0.2, -0.15) is 0 Å². The molecular formula is C22H32N6O. The highest BCUT2D eigenvalue weighted by Crippen LogP contribution is 2.15. The molecule has 1 aliphatic heterocycles. The molecule has 29 heavy (non-hydrogen) atoms. The number of rotatable bonds is 7. The van der Waals surface area contributed by atoms with E-state index in [4.69, 9.17) is 9.73 Å². The Kier molecular flexibility index (Phi) is 7.69. The van der Waals surface area contributed by atoms with Crippen LogP contribution in [-0.2, 0) is 13.1 Å². The van der Waals surface area contributed by atoms with Crippen LogP contribution in [0.5, 0.6) is 5.75 Å². The van der Waals surface area contributed by atoms with Crippen molar-refractivity contribution in [1.82, 2.24) is 20.5 Å². The molecule has 1 aliphatic rings. The number of methoxy groups -OCH3 is 1. The fourth-order valence-corrected chi connectivity index (χ4v) is 3.25. The van der Waals surface area contributed by atoms with Crippen molar-refractivity contribution in [3.63, 3.8) is 0 Å². The van der Waals surface area contributed by atoms with Gasteiger partial charge in [0, 0.05) is 45.5 Å². The Morgan fingerprint density at radius 1 is 1.10 bits per heavy atom. The van der Waals surface area contributed by atoms with Gasteiger partial charge in [0.25, 0.3) is 0 Å². The normalized spacial score (nSPS) is 15.3. The quantitative estimate of drug-likeness (QED) is 0.552. The Morgan fingerprint density at radius 2 is 1.93 bits per heavy atom. The molecule has 7 heteroatoms. The summed E-state index contributed by atoms with van der Waals surface area (Å²) in [5.74, 6) is 2.70. The van der Waals surface area contributed by atoms with Gasteiger partial charge < -0.3 is 25.2 Å². The Morgan fingerprint density at radius 3 is 2.69 bits per heavy atom. The lowest BCUT2D eigenvalue weighted by Gasteiger charge is -2.33. The van der Waals surface area contributed by atoms with Gasteiger partial charge in [-0.1, -0.05) is 12.1 Å². The number of anilines is 1. The number of guanidine groups is 1. The summed E-state index contributed by atoms with van der Waals surface area (Å²) in [7, 11) is 3.84. The molecule has 2 N–H and O–H groups in total. The van der Waals surface area contributed by atoms with Crippen LogP contribution in [0, 0.1) is 0 Å². The summed E-state index contributed by atoms with van der Waals surface area (Å²) in [6, 6.07) is 12.2. The van der Waals surface area contributed by atoms with E-state index in [-0.39, 0.29) is 0 Å². The van der Waals surface area contributed by atoms with Crippen LogP contribution in [-0.4, -0.2) is 62.7 Å². The maximum atomic E-state index is 5.29. The van der Waals surface area contributed by atoms with Crippen molar-refractivity contribution >= 4 is 11.8 Å². The minimum atomic E-state index is 0.593. The molecule has 2 aromatic rings. The highest BCUT2D eigenvalue weighted by Gasteiger charge is 2.15. The minimum absolute atomic E-state index is 0.593. The summed E-state index contributed by atoms with van der Waals surface area (Å²) in [6.07, 6.45) is 1.89. The molecule has 156 valence electrons. The van der Waals surface area contributed by atoms with Gasteiger partial charge in [-0.25, -0.2) is 9.98 Å². The van der Waals surface area contributed by atoms with Crippen LogP contribution < -0.4 is 20.3 Å². The smallest absolute Gasteiger partial charge is 0.191 e. The Bertz CT molecular complexity index is 801. The van der Waals surface area contributed by atoms with E-state index in [1.54, 1.807) is 7.11 Å². The van der Waals surface area contributed by atoms with Gasteiger partial charge in [0.15, 0.2) is 5.96 Å². The summed E-state index contributed by atoms with van der Waals surface area (Å²) < 4.78 is 5.29. The largest absolute Gasteiger partial charge is 0.497 e. The first-order chi connectivity index (χ1) is 14.2. The first-order valence-electron chi connectivity index (χ1n) is 10.2. The van der Waals surface area contributed by atoms with Crippen LogP contribution in [0.15, 0.2) is 47.6 Å². The molecule has 1 saturated heterocycles. The third kappa shape index (κ3) is 6.35. The molecule has 1 fully saturated rings. The number of aliphatic imine (C=N–C) groups is 1. The van der Waals surface area contributed by atoms with E-state index in [0.717, 1.165) is 55.8 Å². The SMILES string of the molecule is CCNC(=NCc1cccc(OC)c1)NCc1ccnc(N2CCN(C)CC2)c1. The van der Waals surface area contributed by atoms with Gasteiger partial charge in [-0.05, 0) is 49.4 Å². The number of piperazine rings is 1. The van der Waals surface area contributed by atoms with Crippen LogP contribution >= 0.6 is 0 Å². The lowest BCUT2D eigenvalue weighted by molar-refractivity contribution is 0.312. The summed E-state index contributed by atoms with van der Waals surface area (Å²) in [5.41, 5.74) is 2.31. The van der Waals surface area contributed by atoms with Crippen molar-refractivity contribution in [3.05, 3.63) is 53.7 Å². The van der Waals surface area contributed by atoms with E-state index in [1.165, 1.54) is 5.56 Å². The second kappa shape index (κ2) is 10.7. The molecule has 0 spiro atoms. The van der Waals surface area contributed by atoms with Crippen LogP contribution in [0.1, 0.15) is 18.1 Å². The number of pyridine rings is 1. The predicted octanol–water partition coefficient (Wildman–Crippen LogP) is 2.10. The molecule has 0 radical (unpaired) electrons. The summed E-state index contributed by atoms with van der Waals surface area (Å²) in [4.78, 5) is 14.0. The topological polar surface area (TPSA) is 65.0 Å². The third-order valence-corrected chi connectivity index (χ3v) is 5.00. The first kappa shape index (κ1) is 20.9. The standard InChI is InChI=1S/C22H32N6O/c1-4-23-22(25-16-18-6-5-7-20(14-18)29-3)26-17-19-8-9-24-21(15-19)28-12-10-27(2)11-13-28/h5-9,14-15H,4,10-13,16-17H2,1-3H3,(H2,23,25,26). The fraction of sp³-hybridized carbons (Fsp3) is 0.455. The molecule has 1 aromatic carbocycles. The van der Waals surface area contributed by atoms with Crippen LogP contribution in [0.2, 0.25) is 0 Å². The molecule has 2 heterocycles. The molecule has 7 nitrogen and oxygen atoms in total. The van der Waals surface area contributed by atoms with Crippen molar-refractivity contribution < 1.29 is 4.74 Å². The van der Waals surface area contributed by atoms with Gasteiger partial charge >= 0.3 is 0 Å². The molecular weight excluding hydrogens is 364 g/mol. The molecule has 0 bridgehead atoms. The van der Waals surface area contributed by atoms with E-state index >= 15 is 0 Å². The first-order valence-corrected chi connectivity index (χ1v) is 10.2. The third-order valence-electron chi connectivity index (χ3n) is 5.00. The number of aromatic nitrogens is 1. The molecule has 3 rings (SSSR count). The van der Waals surface area contributed by atoms with Crippen LogP contribution in [0.25, 0.3) is 0 Å².